The first kappa shape index (κ1) is 16.0. The number of nitrogens with zero attached hydrogens (tertiary/aromatic N) is 3. The fourth-order valence-corrected chi connectivity index (χ4v) is 3.36. The number of hydrogen-bond acceptors (Lipinski definition) is 4. The van der Waals surface area contributed by atoms with Crippen molar-refractivity contribution in [2.45, 2.75) is 19.4 Å². The normalized spacial score (nSPS) is 18.7. The quantitative estimate of drug-likeness (QED) is 0.828. The molecule has 1 amide bonds. The number of nitrogens with two attached hydrogens (primary N) is 1. The molecule has 1 saturated heterocycles. The molecule has 2 N–H and O–H groups in total. The maximum Gasteiger partial charge on any atom is 0.223 e. The lowest BCUT2D eigenvalue weighted by Gasteiger charge is -2.15. The molecular weight excluding hydrogens is 292 g/mol. The molecule has 1 aromatic heterocycles. The first-order chi connectivity index (χ1) is 11.2. The van der Waals surface area contributed by atoms with Crippen LogP contribution in [0.1, 0.15) is 12.1 Å². The van der Waals surface area contributed by atoms with Gasteiger partial charge < -0.3 is 15.4 Å². The van der Waals surface area contributed by atoms with Crippen molar-refractivity contribution in [3.05, 3.63) is 30.0 Å². The highest BCUT2D eigenvalue weighted by molar-refractivity contribution is 5.87. The summed E-state index contributed by atoms with van der Waals surface area (Å²) in [7, 11) is 1.74. The molecule has 0 saturated carbocycles. The van der Waals surface area contributed by atoms with Crippen molar-refractivity contribution in [1.29, 1.82) is 0 Å². The summed E-state index contributed by atoms with van der Waals surface area (Å²) in [6.07, 6.45) is 1.36. The van der Waals surface area contributed by atoms with E-state index >= 15 is 0 Å². The number of benzene rings is 1. The van der Waals surface area contributed by atoms with E-state index in [2.05, 4.69) is 16.1 Å². The van der Waals surface area contributed by atoms with E-state index in [1.54, 1.807) is 7.11 Å². The highest BCUT2D eigenvalue weighted by Crippen LogP contribution is 2.23. The van der Waals surface area contributed by atoms with Crippen LogP contribution in [0.2, 0.25) is 0 Å². The molecule has 6 nitrogen and oxygen atoms in total. The van der Waals surface area contributed by atoms with Gasteiger partial charge in [-0.2, -0.15) is 5.10 Å². The highest BCUT2D eigenvalue weighted by Gasteiger charge is 2.23. The van der Waals surface area contributed by atoms with Crippen LogP contribution in [0.3, 0.4) is 0 Å². The van der Waals surface area contributed by atoms with Gasteiger partial charge in [-0.25, -0.2) is 0 Å². The van der Waals surface area contributed by atoms with Gasteiger partial charge in [0.15, 0.2) is 0 Å². The van der Waals surface area contributed by atoms with E-state index in [9.17, 15) is 4.79 Å². The SMILES string of the molecule is COCCN1CC[C@H](Cn2nc(CC(N)=O)c3ccccc32)C1. The lowest BCUT2D eigenvalue weighted by Crippen LogP contribution is -2.25. The molecular formula is C17H24N4O2. The van der Waals surface area contributed by atoms with E-state index in [1.165, 1.54) is 6.42 Å². The molecule has 3 rings (SSSR count). The number of ether oxygens (including phenoxy) is 1. The van der Waals surface area contributed by atoms with Crippen LogP contribution in [0.4, 0.5) is 0 Å². The van der Waals surface area contributed by atoms with E-state index in [4.69, 9.17) is 10.5 Å². The summed E-state index contributed by atoms with van der Waals surface area (Å²) in [5.41, 5.74) is 7.21. The third-order valence-corrected chi connectivity index (χ3v) is 4.49. The Labute approximate surface area is 136 Å². The Morgan fingerprint density at radius 1 is 1.43 bits per heavy atom. The monoisotopic (exact) mass is 316 g/mol. The van der Waals surface area contributed by atoms with Crippen LogP contribution < -0.4 is 5.73 Å². The highest BCUT2D eigenvalue weighted by atomic mass is 16.5. The molecule has 1 aliphatic rings. The summed E-state index contributed by atoms with van der Waals surface area (Å²) in [6, 6.07) is 8.05. The van der Waals surface area contributed by atoms with Crippen molar-refractivity contribution >= 4 is 16.8 Å². The minimum Gasteiger partial charge on any atom is -0.383 e. The maximum atomic E-state index is 11.3. The van der Waals surface area contributed by atoms with E-state index in [0.29, 0.717) is 5.92 Å². The second kappa shape index (κ2) is 7.10. The van der Waals surface area contributed by atoms with Crippen molar-refractivity contribution in [2.75, 3.05) is 33.4 Å². The standard InChI is InChI=1S/C17H24N4O2/c1-23-9-8-20-7-6-13(11-20)12-21-16-5-3-2-4-14(16)15(19-21)10-17(18)22/h2-5,13H,6-12H2,1H3,(H2,18,22)/t13-/m0/s1. The summed E-state index contributed by atoms with van der Waals surface area (Å²) in [4.78, 5) is 13.7. The van der Waals surface area contributed by atoms with Crippen molar-refractivity contribution < 1.29 is 9.53 Å². The zero-order valence-electron chi connectivity index (χ0n) is 13.6. The second-order valence-corrected chi connectivity index (χ2v) is 6.24. The van der Waals surface area contributed by atoms with Gasteiger partial charge in [0.25, 0.3) is 0 Å². The molecule has 0 aliphatic carbocycles. The Bertz CT molecular complexity index is 682. The Morgan fingerprint density at radius 2 is 2.26 bits per heavy atom. The molecule has 23 heavy (non-hydrogen) atoms. The van der Waals surface area contributed by atoms with E-state index < -0.39 is 0 Å². The molecule has 2 heterocycles. The van der Waals surface area contributed by atoms with Gasteiger partial charge in [0.2, 0.25) is 5.91 Å². The average molecular weight is 316 g/mol. The number of para-hydroxylation sites is 1. The van der Waals surface area contributed by atoms with Crippen LogP contribution in [-0.4, -0.2) is 53.9 Å². The first-order valence-electron chi connectivity index (χ1n) is 8.11. The molecule has 0 spiro atoms. The number of amides is 1. The smallest absolute Gasteiger partial charge is 0.223 e. The average Bonchev–Trinajstić information content (AvgIpc) is 3.11. The van der Waals surface area contributed by atoms with E-state index in [1.807, 2.05) is 22.9 Å². The largest absolute Gasteiger partial charge is 0.383 e. The number of carbonyl (C=O) groups excluding carboxylic acids is 1. The molecule has 2 aromatic rings. The molecule has 1 aromatic carbocycles. The predicted molar refractivity (Wildman–Crippen MR) is 89.1 cm³/mol. The lowest BCUT2D eigenvalue weighted by molar-refractivity contribution is -0.117. The number of likely N-dealkylation sites (tertiary alicyclic amines) is 1. The Hall–Kier alpha value is -1.92. The van der Waals surface area contributed by atoms with Crippen LogP contribution >= 0.6 is 0 Å². The number of aromatic nitrogens is 2. The fraction of sp³-hybridized carbons (Fsp3) is 0.529. The summed E-state index contributed by atoms with van der Waals surface area (Å²) in [5, 5.41) is 5.68. The number of primary amides is 1. The van der Waals surface area contributed by atoms with Crippen molar-refractivity contribution in [2.24, 2.45) is 11.7 Å². The van der Waals surface area contributed by atoms with Crippen molar-refractivity contribution in [3.63, 3.8) is 0 Å². The van der Waals surface area contributed by atoms with E-state index in [0.717, 1.165) is 49.4 Å². The molecule has 1 atom stereocenters. The number of rotatable bonds is 7. The molecule has 1 aliphatic heterocycles. The Kier molecular flexibility index (Phi) is 4.93. The summed E-state index contributed by atoms with van der Waals surface area (Å²) in [6.45, 7) is 4.83. The van der Waals surface area contributed by atoms with Crippen LogP contribution in [0, 0.1) is 5.92 Å². The molecule has 0 radical (unpaired) electrons. The number of carbonyl (C=O) groups is 1. The molecule has 0 bridgehead atoms. The van der Waals surface area contributed by atoms with E-state index in [-0.39, 0.29) is 12.3 Å². The van der Waals surface area contributed by atoms with Crippen molar-refractivity contribution in [1.82, 2.24) is 14.7 Å². The van der Waals surface area contributed by atoms with Gasteiger partial charge in [-0.15, -0.1) is 0 Å². The van der Waals surface area contributed by atoms with Crippen LogP contribution in [-0.2, 0) is 22.5 Å². The topological polar surface area (TPSA) is 73.4 Å². The minimum atomic E-state index is -0.341. The van der Waals surface area contributed by atoms with Crippen LogP contribution in [0.5, 0.6) is 0 Å². The summed E-state index contributed by atoms with van der Waals surface area (Å²) in [5.74, 6) is 0.239. The van der Waals surface area contributed by atoms with Gasteiger partial charge in [-0.3, -0.25) is 9.48 Å². The van der Waals surface area contributed by atoms with Gasteiger partial charge in [0.1, 0.15) is 0 Å². The zero-order chi connectivity index (χ0) is 16.2. The van der Waals surface area contributed by atoms with Gasteiger partial charge >= 0.3 is 0 Å². The van der Waals surface area contributed by atoms with Crippen LogP contribution in [0.15, 0.2) is 24.3 Å². The van der Waals surface area contributed by atoms with Gasteiger partial charge in [0.05, 0.1) is 24.2 Å². The predicted octanol–water partition coefficient (Wildman–Crippen LogP) is 1.03. The number of fused-ring (bicyclic) bond motifs is 1. The Morgan fingerprint density at radius 3 is 3.04 bits per heavy atom. The number of hydrogen-bond donors (Lipinski definition) is 1. The van der Waals surface area contributed by atoms with Gasteiger partial charge in [-0.05, 0) is 24.9 Å². The minimum absolute atomic E-state index is 0.193. The lowest BCUT2D eigenvalue weighted by atomic mass is 10.1. The third-order valence-electron chi connectivity index (χ3n) is 4.49. The molecule has 6 heteroatoms. The first-order valence-corrected chi connectivity index (χ1v) is 8.11. The second-order valence-electron chi connectivity index (χ2n) is 6.24. The zero-order valence-corrected chi connectivity index (χ0v) is 13.6. The number of methoxy groups -OCH3 is 1. The molecule has 1 fully saturated rings. The fourth-order valence-electron chi connectivity index (χ4n) is 3.36. The van der Waals surface area contributed by atoms with Gasteiger partial charge in [-0.1, -0.05) is 18.2 Å². The Balaban J connectivity index is 1.74. The summed E-state index contributed by atoms with van der Waals surface area (Å²) < 4.78 is 7.19. The molecule has 124 valence electrons. The van der Waals surface area contributed by atoms with Crippen LogP contribution in [0.25, 0.3) is 10.9 Å². The maximum absolute atomic E-state index is 11.3. The molecule has 0 unspecified atom stereocenters. The third kappa shape index (κ3) is 3.71. The van der Waals surface area contributed by atoms with Gasteiger partial charge in [0, 0.05) is 32.1 Å². The van der Waals surface area contributed by atoms with Crippen molar-refractivity contribution in [3.8, 4) is 0 Å². The summed E-state index contributed by atoms with van der Waals surface area (Å²) >= 11 is 0.